The van der Waals surface area contributed by atoms with E-state index in [1.54, 1.807) is 24.3 Å². The first kappa shape index (κ1) is 22.9. The normalized spacial score (nSPS) is 12.0. The Morgan fingerprint density at radius 1 is 0.909 bits per heavy atom. The highest BCUT2D eigenvalue weighted by Crippen LogP contribution is 2.36. The monoisotopic (exact) mass is 493 g/mol. The number of nitrogens with zero attached hydrogens (tertiary/aromatic N) is 1. The zero-order valence-electron chi connectivity index (χ0n) is 16.7. The second-order valence-corrected chi connectivity index (χ2v) is 8.91. The number of benzene rings is 3. The molecule has 0 unspecified atom stereocenters. The third-order valence-electron chi connectivity index (χ3n) is 4.63. The molecule has 4 aromatic rings. The van der Waals surface area contributed by atoms with Crippen LogP contribution in [0.15, 0.2) is 78.9 Å². The lowest BCUT2D eigenvalue weighted by atomic mass is 10.0. The standard InChI is InChI=1S/C23H15ClF3NO4S/c24-17-8-12-22(32-33(29,30)23(25,26)27)20(13-17)15-6-10-19(11-7-15)31-14-18-9-5-16-3-1-2-4-21(16)28-18/h1-13H,14H2. The van der Waals surface area contributed by atoms with E-state index >= 15 is 0 Å². The van der Waals surface area contributed by atoms with Crippen LogP contribution in [-0.2, 0) is 16.7 Å². The Labute approximate surface area is 192 Å². The first-order valence-corrected chi connectivity index (χ1v) is 11.3. The molecule has 1 aromatic heterocycles. The number of pyridine rings is 1. The summed E-state index contributed by atoms with van der Waals surface area (Å²) in [5.74, 6) is -0.00752. The van der Waals surface area contributed by atoms with E-state index in [-0.39, 0.29) is 17.2 Å². The van der Waals surface area contributed by atoms with Crippen LogP contribution in [0.2, 0.25) is 5.02 Å². The van der Waals surface area contributed by atoms with Crippen LogP contribution in [0.1, 0.15) is 5.69 Å². The van der Waals surface area contributed by atoms with Gasteiger partial charge in [0, 0.05) is 16.0 Å². The third kappa shape index (κ3) is 5.20. The molecule has 1 heterocycles. The molecule has 0 spiro atoms. The first-order chi connectivity index (χ1) is 15.6. The molecule has 0 aliphatic heterocycles. The number of para-hydroxylation sites is 1. The molecule has 0 saturated heterocycles. The molecule has 0 aliphatic carbocycles. The molecule has 170 valence electrons. The van der Waals surface area contributed by atoms with Gasteiger partial charge in [0.15, 0.2) is 5.75 Å². The summed E-state index contributed by atoms with van der Waals surface area (Å²) in [5.41, 5.74) is -3.52. The summed E-state index contributed by atoms with van der Waals surface area (Å²) in [4.78, 5) is 4.53. The van der Waals surface area contributed by atoms with E-state index in [4.69, 9.17) is 16.3 Å². The van der Waals surface area contributed by atoms with Crippen molar-refractivity contribution in [3.05, 3.63) is 89.6 Å². The van der Waals surface area contributed by atoms with Gasteiger partial charge >= 0.3 is 15.6 Å². The number of hydrogen-bond acceptors (Lipinski definition) is 5. The van der Waals surface area contributed by atoms with Gasteiger partial charge in [-0.2, -0.15) is 21.6 Å². The summed E-state index contributed by atoms with van der Waals surface area (Å²) in [5, 5.41) is 1.21. The van der Waals surface area contributed by atoms with E-state index < -0.39 is 21.4 Å². The molecule has 10 heteroatoms. The molecule has 4 rings (SSSR count). The maximum Gasteiger partial charge on any atom is 0.534 e. The molecule has 0 amide bonds. The molecule has 33 heavy (non-hydrogen) atoms. The number of fused-ring (bicyclic) bond motifs is 1. The Bertz CT molecular complexity index is 1410. The highest BCUT2D eigenvalue weighted by atomic mass is 35.5. The van der Waals surface area contributed by atoms with Crippen molar-refractivity contribution in [2.75, 3.05) is 0 Å². The Balaban J connectivity index is 1.53. The predicted molar refractivity (Wildman–Crippen MR) is 119 cm³/mol. The molecular weight excluding hydrogens is 479 g/mol. The summed E-state index contributed by atoms with van der Waals surface area (Å²) >= 11 is 5.96. The van der Waals surface area contributed by atoms with Crippen molar-refractivity contribution < 1.29 is 30.5 Å². The second kappa shape index (κ2) is 8.92. The van der Waals surface area contributed by atoms with Gasteiger partial charge < -0.3 is 8.92 Å². The van der Waals surface area contributed by atoms with Crippen molar-refractivity contribution >= 4 is 32.6 Å². The van der Waals surface area contributed by atoms with Crippen molar-refractivity contribution in [3.8, 4) is 22.6 Å². The van der Waals surface area contributed by atoms with Crippen LogP contribution in [0.25, 0.3) is 22.0 Å². The summed E-state index contributed by atoms with van der Waals surface area (Å²) in [6.07, 6.45) is 0. The minimum absolute atomic E-state index is 0.0815. The van der Waals surface area contributed by atoms with Crippen molar-refractivity contribution in [2.24, 2.45) is 0 Å². The summed E-state index contributed by atoms with van der Waals surface area (Å²) in [7, 11) is -5.83. The minimum atomic E-state index is -5.83. The fourth-order valence-electron chi connectivity index (χ4n) is 3.04. The van der Waals surface area contributed by atoms with Crippen LogP contribution < -0.4 is 8.92 Å². The lowest BCUT2D eigenvalue weighted by Crippen LogP contribution is -2.28. The predicted octanol–water partition coefficient (Wildman–Crippen LogP) is 6.36. The maximum absolute atomic E-state index is 12.7. The average molecular weight is 494 g/mol. The van der Waals surface area contributed by atoms with Crippen molar-refractivity contribution in [1.82, 2.24) is 4.98 Å². The van der Waals surface area contributed by atoms with Crippen LogP contribution in [-0.4, -0.2) is 18.9 Å². The van der Waals surface area contributed by atoms with Gasteiger partial charge in [-0.25, -0.2) is 4.98 Å². The topological polar surface area (TPSA) is 65.5 Å². The van der Waals surface area contributed by atoms with Gasteiger partial charge in [0.1, 0.15) is 12.4 Å². The Morgan fingerprint density at radius 3 is 2.36 bits per heavy atom. The van der Waals surface area contributed by atoms with Gasteiger partial charge in [0.05, 0.1) is 11.2 Å². The van der Waals surface area contributed by atoms with Crippen molar-refractivity contribution in [3.63, 3.8) is 0 Å². The fraction of sp³-hybridized carbons (Fsp3) is 0.0870. The highest BCUT2D eigenvalue weighted by molar-refractivity contribution is 7.88. The smallest absolute Gasteiger partial charge is 0.487 e. The van der Waals surface area contributed by atoms with E-state index in [9.17, 15) is 21.6 Å². The summed E-state index contributed by atoms with van der Waals surface area (Å²) in [6, 6.07) is 21.4. The largest absolute Gasteiger partial charge is 0.534 e. The molecular formula is C23H15ClF3NO4S. The number of hydrogen-bond donors (Lipinski definition) is 0. The third-order valence-corrected chi connectivity index (χ3v) is 5.83. The Hall–Kier alpha value is -3.30. The van der Waals surface area contributed by atoms with Crippen LogP contribution >= 0.6 is 11.6 Å². The molecule has 0 N–H and O–H groups in total. The Morgan fingerprint density at radius 2 is 1.64 bits per heavy atom. The van der Waals surface area contributed by atoms with Crippen molar-refractivity contribution in [1.29, 1.82) is 0 Å². The van der Waals surface area contributed by atoms with E-state index in [0.717, 1.165) is 22.7 Å². The van der Waals surface area contributed by atoms with Gasteiger partial charge in [-0.15, -0.1) is 0 Å². The van der Waals surface area contributed by atoms with Gasteiger partial charge in [-0.05, 0) is 48.0 Å². The van der Waals surface area contributed by atoms with Crippen LogP contribution in [0.5, 0.6) is 11.5 Å². The molecule has 0 saturated carbocycles. The van der Waals surface area contributed by atoms with Crippen LogP contribution in [0, 0.1) is 0 Å². The second-order valence-electron chi connectivity index (χ2n) is 6.93. The highest BCUT2D eigenvalue weighted by Gasteiger charge is 2.48. The molecule has 0 fully saturated rings. The molecule has 0 aliphatic rings. The SMILES string of the molecule is O=S(=O)(Oc1ccc(Cl)cc1-c1ccc(OCc2ccc3ccccc3n2)cc1)C(F)(F)F. The number of alkyl halides is 3. The van der Waals surface area contributed by atoms with Crippen LogP contribution in [0.4, 0.5) is 13.2 Å². The van der Waals surface area contributed by atoms with E-state index in [2.05, 4.69) is 9.17 Å². The van der Waals surface area contributed by atoms with Crippen LogP contribution in [0.3, 0.4) is 0 Å². The number of ether oxygens (including phenoxy) is 1. The molecule has 5 nitrogen and oxygen atoms in total. The number of halogens is 4. The van der Waals surface area contributed by atoms with Gasteiger partial charge in [0.2, 0.25) is 0 Å². The van der Waals surface area contributed by atoms with E-state index in [1.807, 2.05) is 36.4 Å². The first-order valence-electron chi connectivity index (χ1n) is 9.51. The van der Waals surface area contributed by atoms with Gasteiger partial charge in [0.25, 0.3) is 0 Å². The van der Waals surface area contributed by atoms with Crippen molar-refractivity contribution in [2.45, 2.75) is 12.1 Å². The maximum atomic E-state index is 12.7. The van der Waals surface area contributed by atoms with Gasteiger partial charge in [-0.1, -0.05) is 48.0 Å². The molecule has 0 radical (unpaired) electrons. The number of aromatic nitrogens is 1. The molecule has 0 atom stereocenters. The fourth-order valence-corrected chi connectivity index (χ4v) is 3.69. The van der Waals surface area contributed by atoms with Gasteiger partial charge in [-0.3, -0.25) is 0 Å². The summed E-state index contributed by atoms with van der Waals surface area (Å²) in [6.45, 7) is 0.208. The molecule has 0 bridgehead atoms. The zero-order valence-corrected chi connectivity index (χ0v) is 18.3. The molecule has 3 aromatic carbocycles. The van der Waals surface area contributed by atoms with E-state index in [1.165, 1.54) is 12.1 Å². The quantitative estimate of drug-likeness (QED) is 0.231. The number of rotatable bonds is 6. The zero-order chi connectivity index (χ0) is 23.6. The average Bonchev–Trinajstić information content (AvgIpc) is 2.78. The van der Waals surface area contributed by atoms with E-state index in [0.29, 0.717) is 11.3 Å². The minimum Gasteiger partial charge on any atom is -0.487 e. The summed E-state index contributed by atoms with van der Waals surface area (Å²) < 4.78 is 71.2. The lowest BCUT2D eigenvalue weighted by Gasteiger charge is -2.14. The lowest BCUT2D eigenvalue weighted by molar-refractivity contribution is -0.0499. The Kier molecular flexibility index (Phi) is 6.18.